The van der Waals surface area contributed by atoms with E-state index in [1.165, 1.54) is 42.9 Å². The first-order valence-corrected chi connectivity index (χ1v) is 6.83. The van der Waals surface area contributed by atoms with Gasteiger partial charge in [0.1, 0.15) is 5.82 Å². The van der Waals surface area contributed by atoms with Crippen LogP contribution in [-0.2, 0) is 0 Å². The zero-order chi connectivity index (χ0) is 12.4. The molecule has 2 rings (SSSR count). The van der Waals surface area contributed by atoms with E-state index in [4.69, 9.17) is 0 Å². The van der Waals surface area contributed by atoms with E-state index in [0.29, 0.717) is 5.92 Å². The van der Waals surface area contributed by atoms with Crippen molar-refractivity contribution < 1.29 is 0 Å². The first kappa shape index (κ1) is 12.4. The zero-order valence-corrected chi connectivity index (χ0v) is 11.5. The highest BCUT2D eigenvalue weighted by Crippen LogP contribution is 2.27. The van der Waals surface area contributed by atoms with Gasteiger partial charge >= 0.3 is 0 Å². The molecule has 1 saturated heterocycles. The van der Waals surface area contributed by atoms with Crippen molar-refractivity contribution in [3.63, 3.8) is 0 Å². The molecule has 1 aromatic rings. The monoisotopic (exact) mass is 232 g/mol. The van der Waals surface area contributed by atoms with Crippen molar-refractivity contribution in [3.8, 4) is 0 Å². The zero-order valence-electron chi connectivity index (χ0n) is 11.5. The van der Waals surface area contributed by atoms with Crippen molar-refractivity contribution in [2.75, 3.05) is 18.0 Å². The minimum Gasteiger partial charge on any atom is -0.356 e. The molecule has 1 atom stereocenters. The van der Waals surface area contributed by atoms with Crippen LogP contribution >= 0.6 is 0 Å². The third kappa shape index (κ3) is 2.62. The van der Waals surface area contributed by atoms with Crippen molar-refractivity contribution in [3.05, 3.63) is 23.4 Å². The Labute approximate surface area is 105 Å². The normalized spacial score (nSPS) is 20.3. The summed E-state index contributed by atoms with van der Waals surface area (Å²) in [6.45, 7) is 11.3. The van der Waals surface area contributed by atoms with Gasteiger partial charge in [0.05, 0.1) is 0 Å². The molecule has 94 valence electrons. The molecule has 0 N–H and O–H groups in total. The van der Waals surface area contributed by atoms with Gasteiger partial charge in [-0.25, -0.2) is 4.98 Å². The molecule has 17 heavy (non-hydrogen) atoms. The van der Waals surface area contributed by atoms with Gasteiger partial charge in [0.15, 0.2) is 0 Å². The van der Waals surface area contributed by atoms with E-state index in [0.717, 1.165) is 5.92 Å². The fraction of sp³-hybridized carbons (Fsp3) is 0.667. The van der Waals surface area contributed by atoms with Gasteiger partial charge in [-0.1, -0.05) is 27.2 Å². The number of aromatic nitrogens is 1. The van der Waals surface area contributed by atoms with E-state index >= 15 is 0 Å². The standard InChI is InChI=1S/C15H24N2/c1-5-13-6-7-17(10-13)15-8-12(4)14(9-16-15)11(2)3/h8-9,11,13H,5-7,10H2,1-4H3. The van der Waals surface area contributed by atoms with Crippen LogP contribution in [0.1, 0.15) is 50.7 Å². The molecule has 1 fully saturated rings. The topological polar surface area (TPSA) is 16.1 Å². The Bertz CT molecular complexity index is 385. The van der Waals surface area contributed by atoms with Crippen LogP contribution in [0, 0.1) is 12.8 Å². The van der Waals surface area contributed by atoms with Crippen LogP contribution in [-0.4, -0.2) is 18.1 Å². The average Bonchev–Trinajstić information content (AvgIpc) is 2.76. The maximum absolute atomic E-state index is 4.64. The third-order valence-corrected chi connectivity index (χ3v) is 3.95. The maximum atomic E-state index is 4.64. The van der Waals surface area contributed by atoms with Crippen LogP contribution in [0.15, 0.2) is 12.3 Å². The number of hydrogen-bond donors (Lipinski definition) is 0. The Balaban J connectivity index is 2.15. The van der Waals surface area contributed by atoms with Crippen LogP contribution in [0.2, 0.25) is 0 Å². The van der Waals surface area contributed by atoms with Crippen molar-refractivity contribution in [2.24, 2.45) is 5.92 Å². The van der Waals surface area contributed by atoms with Gasteiger partial charge in [-0.3, -0.25) is 0 Å². The quantitative estimate of drug-likeness (QED) is 0.789. The van der Waals surface area contributed by atoms with Gasteiger partial charge in [0.25, 0.3) is 0 Å². The highest BCUT2D eigenvalue weighted by Gasteiger charge is 2.22. The largest absolute Gasteiger partial charge is 0.356 e. The summed E-state index contributed by atoms with van der Waals surface area (Å²) in [5.41, 5.74) is 2.75. The second-order valence-corrected chi connectivity index (χ2v) is 5.56. The number of pyridine rings is 1. The third-order valence-electron chi connectivity index (χ3n) is 3.95. The molecule has 2 heteroatoms. The molecule has 0 spiro atoms. The Morgan fingerprint density at radius 1 is 1.47 bits per heavy atom. The summed E-state index contributed by atoms with van der Waals surface area (Å²) in [6.07, 6.45) is 4.68. The molecule has 1 unspecified atom stereocenters. The smallest absolute Gasteiger partial charge is 0.128 e. The van der Waals surface area contributed by atoms with Crippen molar-refractivity contribution in [2.45, 2.75) is 46.5 Å². The fourth-order valence-electron chi connectivity index (χ4n) is 2.70. The van der Waals surface area contributed by atoms with Gasteiger partial charge in [0.2, 0.25) is 0 Å². The van der Waals surface area contributed by atoms with E-state index in [9.17, 15) is 0 Å². The molecule has 1 aliphatic heterocycles. The van der Waals surface area contributed by atoms with Crippen LogP contribution in [0.4, 0.5) is 5.82 Å². The molecule has 0 radical (unpaired) electrons. The first-order valence-electron chi connectivity index (χ1n) is 6.83. The molecule has 0 aliphatic carbocycles. The lowest BCUT2D eigenvalue weighted by molar-refractivity contribution is 0.568. The Hall–Kier alpha value is -1.05. The summed E-state index contributed by atoms with van der Waals surface area (Å²) in [4.78, 5) is 7.07. The number of anilines is 1. The lowest BCUT2D eigenvalue weighted by atomic mass is 10.0. The summed E-state index contributed by atoms with van der Waals surface area (Å²) >= 11 is 0. The van der Waals surface area contributed by atoms with Crippen molar-refractivity contribution >= 4 is 5.82 Å². The van der Waals surface area contributed by atoms with E-state index in [-0.39, 0.29) is 0 Å². The minimum atomic E-state index is 0.568. The van der Waals surface area contributed by atoms with Crippen LogP contribution in [0.5, 0.6) is 0 Å². The lowest BCUT2D eigenvalue weighted by Crippen LogP contribution is -2.21. The second-order valence-electron chi connectivity index (χ2n) is 5.56. The molecule has 1 aliphatic rings. The van der Waals surface area contributed by atoms with Crippen LogP contribution in [0.3, 0.4) is 0 Å². The van der Waals surface area contributed by atoms with Gasteiger partial charge in [-0.05, 0) is 42.4 Å². The van der Waals surface area contributed by atoms with E-state index in [1.807, 2.05) is 0 Å². The van der Waals surface area contributed by atoms with Gasteiger partial charge in [0, 0.05) is 19.3 Å². The van der Waals surface area contributed by atoms with Crippen LogP contribution in [0.25, 0.3) is 0 Å². The highest BCUT2D eigenvalue weighted by atomic mass is 15.2. The van der Waals surface area contributed by atoms with E-state index in [1.54, 1.807) is 0 Å². The fourth-order valence-corrected chi connectivity index (χ4v) is 2.70. The predicted molar refractivity (Wildman–Crippen MR) is 73.7 cm³/mol. The van der Waals surface area contributed by atoms with E-state index < -0.39 is 0 Å². The summed E-state index contributed by atoms with van der Waals surface area (Å²) in [7, 11) is 0. The molecule has 2 heterocycles. The SMILES string of the molecule is CCC1CCN(c2cc(C)c(C(C)C)cn2)C1. The summed E-state index contributed by atoms with van der Waals surface area (Å²) in [5.74, 6) is 2.60. The molecule has 0 amide bonds. The minimum absolute atomic E-state index is 0.568. The number of aryl methyl sites for hydroxylation is 1. The molecule has 0 aromatic carbocycles. The average molecular weight is 232 g/mol. The van der Waals surface area contributed by atoms with Crippen molar-refractivity contribution in [1.29, 1.82) is 0 Å². The van der Waals surface area contributed by atoms with Crippen molar-refractivity contribution in [1.82, 2.24) is 4.98 Å². The van der Waals surface area contributed by atoms with Crippen LogP contribution < -0.4 is 4.90 Å². The number of nitrogens with zero attached hydrogens (tertiary/aromatic N) is 2. The number of hydrogen-bond acceptors (Lipinski definition) is 2. The number of rotatable bonds is 3. The Morgan fingerprint density at radius 2 is 2.24 bits per heavy atom. The predicted octanol–water partition coefficient (Wildman–Crippen LogP) is 3.75. The lowest BCUT2D eigenvalue weighted by Gasteiger charge is -2.19. The molecule has 0 saturated carbocycles. The first-order chi connectivity index (χ1) is 8.11. The van der Waals surface area contributed by atoms with Gasteiger partial charge in [-0.15, -0.1) is 0 Å². The summed E-state index contributed by atoms with van der Waals surface area (Å²) < 4.78 is 0. The van der Waals surface area contributed by atoms with Gasteiger partial charge < -0.3 is 4.90 Å². The maximum Gasteiger partial charge on any atom is 0.128 e. The Morgan fingerprint density at radius 3 is 2.76 bits per heavy atom. The molecular formula is C15H24N2. The summed E-state index contributed by atoms with van der Waals surface area (Å²) in [6, 6.07) is 2.26. The molecule has 2 nitrogen and oxygen atoms in total. The molecule has 0 bridgehead atoms. The summed E-state index contributed by atoms with van der Waals surface area (Å²) in [5, 5.41) is 0. The van der Waals surface area contributed by atoms with Gasteiger partial charge in [-0.2, -0.15) is 0 Å². The second kappa shape index (κ2) is 5.07. The Kier molecular flexibility index (Phi) is 3.70. The molecule has 1 aromatic heterocycles. The van der Waals surface area contributed by atoms with E-state index in [2.05, 4.69) is 49.8 Å². The molecular weight excluding hydrogens is 208 g/mol. The highest BCUT2D eigenvalue weighted by molar-refractivity contribution is 5.45.